The number of nitrogens with one attached hydrogen (secondary N) is 1. The summed E-state index contributed by atoms with van der Waals surface area (Å²) in [5.74, 6) is -0.158. The molecule has 2 aromatic carbocycles. The Morgan fingerprint density at radius 3 is 2.79 bits per heavy atom. The smallest absolute Gasteiger partial charge is 0.126 e. The van der Waals surface area contributed by atoms with Crippen LogP contribution in [0.2, 0.25) is 0 Å². The molecule has 3 N–H and O–H groups in total. The lowest BCUT2D eigenvalue weighted by Crippen LogP contribution is -2.17. The van der Waals surface area contributed by atoms with Crippen molar-refractivity contribution in [2.24, 2.45) is 0 Å². The van der Waals surface area contributed by atoms with Crippen LogP contribution in [0, 0.1) is 5.82 Å². The molecule has 4 heteroatoms. The van der Waals surface area contributed by atoms with Gasteiger partial charge in [-0.15, -0.1) is 0 Å². The van der Waals surface area contributed by atoms with Gasteiger partial charge < -0.3 is 11.1 Å². The van der Waals surface area contributed by atoms with Gasteiger partial charge in [-0.3, -0.25) is 0 Å². The molecule has 0 fully saturated rings. The Morgan fingerprint density at radius 2 is 2.00 bits per heavy atom. The van der Waals surface area contributed by atoms with Crippen molar-refractivity contribution < 1.29 is 4.39 Å². The Hall–Kier alpha value is -1.39. The monoisotopic (exact) mass is 322 g/mol. The molecule has 2 rings (SSSR count). The van der Waals surface area contributed by atoms with E-state index in [1.165, 1.54) is 6.07 Å². The molecular formula is C15H16BrFN2. The Kier molecular flexibility index (Phi) is 4.93. The first-order valence-corrected chi connectivity index (χ1v) is 6.93. The topological polar surface area (TPSA) is 38.0 Å². The van der Waals surface area contributed by atoms with Crippen LogP contribution in [-0.4, -0.2) is 6.54 Å². The number of anilines is 1. The molecule has 0 radical (unpaired) electrons. The summed E-state index contributed by atoms with van der Waals surface area (Å²) in [6, 6.07) is 12.8. The zero-order valence-corrected chi connectivity index (χ0v) is 12.1. The van der Waals surface area contributed by atoms with E-state index in [1.807, 2.05) is 30.3 Å². The van der Waals surface area contributed by atoms with Crippen LogP contribution in [0.15, 0.2) is 46.9 Å². The van der Waals surface area contributed by atoms with Crippen LogP contribution < -0.4 is 11.1 Å². The minimum Gasteiger partial charge on any atom is -0.399 e. The van der Waals surface area contributed by atoms with Crippen LogP contribution in [0.5, 0.6) is 0 Å². The maximum atomic E-state index is 13.5. The maximum Gasteiger partial charge on any atom is 0.126 e. The molecule has 0 aliphatic heterocycles. The molecule has 0 atom stereocenters. The largest absolute Gasteiger partial charge is 0.399 e. The fraction of sp³-hybridized carbons (Fsp3) is 0.200. The van der Waals surface area contributed by atoms with Crippen LogP contribution >= 0.6 is 15.9 Å². The zero-order chi connectivity index (χ0) is 13.7. The van der Waals surface area contributed by atoms with Crippen LogP contribution in [0.1, 0.15) is 11.1 Å². The highest BCUT2D eigenvalue weighted by molar-refractivity contribution is 9.10. The van der Waals surface area contributed by atoms with Crippen LogP contribution in [-0.2, 0) is 13.0 Å². The van der Waals surface area contributed by atoms with E-state index >= 15 is 0 Å². The first-order chi connectivity index (χ1) is 9.15. The molecule has 0 saturated carbocycles. The standard InChI is InChI=1S/C15H16BrFN2/c16-13-4-5-15(17)12(9-13)6-7-19-10-11-2-1-3-14(18)8-11/h1-5,8-9,19H,6-7,10,18H2. The predicted octanol–water partition coefficient (Wildman–Crippen LogP) is 3.50. The molecule has 0 aliphatic carbocycles. The number of hydrogen-bond acceptors (Lipinski definition) is 2. The third-order valence-electron chi connectivity index (χ3n) is 2.86. The third kappa shape index (κ3) is 4.33. The van der Waals surface area contributed by atoms with E-state index < -0.39 is 0 Å². The van der Waals surface area contributed by atoms with E-state index in [1.54, 1.807) is 6.07 Å². The highest BCUT2D eigenvalue weighted by Crippen LogP contribution is 2.15. The van der Waals surface area contributed by atoms with E-state index in [4.69, 9.17) is 5.73 Å². The van der Waals surface area contributed by atoms with Crippen LogP contribution in [0.4, 0.5) is 10.1 Å². The second kappa shape index (κ2) is 6.68. The Balaban J connectivity index is 1.82. The van der Waals surface area contributed by atoms with Gasteiger partial charge in [0.1, 0.15) is 5.82 Å². The SMILES string of the molecule is Nc1cccc(CNCCc2cc(Br)ccc2F)c1. The van der Waals surface area contributed by atoms with Crippen molar-refractivity contribution in [1.29, 1.82) is 0 Å². The number of benzene rings is 2. The molecule has 0 aromatic heterocycles. The van der Waals surface area contributed by atoms with Crippen molar-refractivity contribution in [3.8, 4) is 0 Å². The molecule has 0 unspecified atom stereocenters. The molecule has 2 nitrogen and oxygen atoms in total. The molecular weight excluding hydrogens is 307 g/mol. The van der Waals surface area contributed by atoms with Crippen molar-refractivity contribution in [2.45, 2.75) is 13.0 Å². The van der Waals surface area contributed by atoms with Gasteiger partial charge in [-0.25, -0.2) is 4.39 Å². The van der Waals surface area contributed by atoms with E-state index in [0.29, 0.717) is 6.42 Å². The van der Waals surface area contributed by atoms with Gasteiger partial charge >= 0.3 is 0 Å². The lowest BCUT2D eigenvalue weighted by molar-refractivity contribution is 0.597. The van der Waals surface area contributed by atoms with E-state index in [0.717, 1.165) is 34.4 Å². The number of nitrogens with two attached hydrogens (primary N) is 1. The fourth-order valence-corrected chi connectivity index (χ4v) is 2.30. The molecule has 0 spiro atoms. The molecule has 19 heavy (non-hydrogen) atoms. The van der Waals surface area contributed by atoms with Crippen molar-refractivity contribution in [2.75, 3.05) is 12.3 Å². The van der Waals surface area contributed by atoms with Crippen molar-refractivity contribution in [3.63, 3.8) is 0 Å². The quantitative estimate of drug-likeness (QED) is 0.653. The van der Waals surface area contributed by atoms with Gasteiger partial charge in [-0.2, -0.15) is 0 Å². The lowest BCUT2D eigenvalue weighted by Gasteiger charge is -2.07. The third-order valence-corrected chi connectivity index (χ3v) is 3.35. The van der Waals surface area contributed by atoms with Gasteiger partial charge in [0.2, 0.25) is 0 Å². The van der Waals surface area contributed by atoms with Crippen LogP contribution in [0.25, 0.3) is 0 Å². The summed E-state index contributed by atoms with van der Waals surface area (Å²) in [5, 5.41) is 3.29. The second-order valence-electron chi connectivity index (χ2n) is 4.41. The molecule has 0 aliphatic rings. The Bertz CT molecular complexity index is 558. The summed E-state index contributed by atoms with van der Waals surface area (Å²) in [4.78, 5) is 0. The molecule has 0 bridgehead atoms. The van der Waals surface area contributed by atoms with Gasteiger partial charge in [0.05, 0.1) is 0 Å². The minimum absolute atomic E-state index is 0.158. The van der Waals surface area contributed by atoms with Gasteiger partial charge in [0.15, 0.2) is 0 Å². The fourth-order valence-electron chi connectivity index (χ4n) is 1.89. The summed E-state index contributed by atoms with van der Waals surface area (Å²) in [6.07, 6.45) is 0.660. The molecule has 0 amide bonds. The maximum absolute atomic E-state index is 13.5. The normalized spacial score (nSPS) is 10.6. The van der Waals surface area contributed by atoms with E-state index in [9.17, 15) is 4.39 Å². The molecule has 0 saturated heterocycles. The van der Waals surface area contributed by atoms with Gasteiger partial charge in [0, 0.05) is 16.7 Å². The van der Waals surface area contributed by atoms with Crippen molar-refractivity contribution >= 4 is 21.6 Å². The summed E-state index contributed by atoms with van der Waals surface area (Å²) < 4.78 is 14.4. The van der Waals surface area contributed by atoms with Crippen LogP contribution in [0.3, 0.4) is 0 Å². The summed E-state index contributed by atoms with van der Waals surface area (Å²) in [5.41, 5.74) is 8.32. The Morgan fingerprint density at radius 1 is 1.16 bits per heavy atom. The van der Waals surface area contributed by atoms with Gasteiger partial charge in [-0.1, -0.05) is 28.1 Å². The predicted molar refractivity (Wildman–Crippen MR) is 80.4 cm³/mol. The minimum atomic E-state index is -0.158. The van der Waals surface area contributed by atoms with Gasteiger partial charge in [0.25, 0.3) is 0 Å². The van der Waals surface area contributed by atoms with Gasteiger partial charge in [-0.05, 0) is 54.4 Å². The number of nitrogen functional groups attached to an aromatic ring is 1. The first kappa shape index (κ1) is 14.0. The zero-order valence-electron chi connectivity index (χ0n) is 10.5. The summed E-state index contributed by atoms with van der Waals surface area (Å²) >= 11 is 3.35. The highest BCUT2D eigenvalue weighted by atomic mass is 79.9. The Labute approximate surface area is 121 Å². The second-order valence-corrected chi connectivity index (χ2v) is 5.32. The summed E-state index contributed by atoms with van der Waals surface area (Å²) in [7, 11) is 0. The van der Waals surface area contributed by atoms with Crippen molar-refractivity contribution in [1.82, 2.24) is 5.32 Å². The molecule has 0 heterocycles. The highest BCUT2D eigenvalue weighted by Gasteiger charge is 2.02. The van der Waals surface area contributed by atoms with E-state index in [2.05, 4.69) is 21.2 Å². The molecule has 100 valence electrons. The lowest BCUT2D eigenvalue weighted by atomic mass is 10.1. The number of rotatable bonds is 5. The summed E-state index contributed by atoms with van der Waals surface area (Å²) in [6.45, 7) is 1.46. The number of halogens is 2. The molecule has 2 aromatic rings. The van der Waals surface area contributed by atoms with Crippen molar-refractivity contribution in [3.05, 3.63) is 63.9 Å². The number of hydrogen-bond donors (Lipinski definition) is 2. The van der Waals surface area contributed by atoms with E-state index in [-0.39, 0.29) is 5.82 Å². The average molecular weight is 323 g/mol. The first-order valence-electron chi connectivity index (χ1n) is 6.14. The average Bonchev–Trinajstić information content (AvgIpc) is 2.39.